The first-order valence-corrected chi connectivity index (χ1v) is 7.67. The van der Waals surface area contributed by atoms with Crippen LogP contribution in [0.4, 0.5) is 5.69 Å². The van der Waals surface area contributed by atoms with Crippen molar-refractivity contribution in [3.8, 4) is 23.0 Å². The Morgan fingerprint density at radius 2 is 1.64 bits per heavy atom. The summed E-state index contributed by atoms with van der Waals surface area (Å²) in [5.74, 6) is 2.40. The molecule has 0 saturated carbocycles. The lowest BCUT2D eigenvalue weighted by Gasteiger charge is -2.12. The third-order valence-electron chi connectivity index (χ3n) is 3.61. The Kier molecular flexibility index (Phi) is 4.70. The number of ether oxygens (including phenoxy) is 3. The van der Waals surface area contributed by atoms with E-state index in [1.807, 2.05) is 6.07 Å². The van der Waals surface area contributed by atoms with E-state index < -0.39 is 0 Å². The van der Waals surface area contributed by atoms with Gasteiger partial charge in [-0.25, -0.2) is 0 Å². The van der Waals surface area contributed by atoms with Gasteiger partial charge in [0.05, 0.1) is 19.7 Å². The first kappa shape index (κ1) is 16.6. The highest BCUT2D eigenvalue weighted by Gasteiger charge is 2.11. The summed E-state index contributed by atoms with van der Waals surface area (Å²) >= 11 is 0. The molecule has 3 aromatic rings. The first-order valence-electron chi connectivity index (χ1n) is 7.67. The second-order valence-electron chi connectivity index (χ2n) is 5.34. The highest BCUT2D eigenvalue weighted by molar-refractivity contribution is 5.89. The molecule has 0 atom stereocenters. The van der Waals surface area contributed by atoms with Crippen molar-refractivity contribution in [2.45, 2.75) is 6.92 Å². The molecule has 1 heterocycles. The Morgan fingerprint density at radius 3 is 2.28 bits per heavy atom. The second kappa shape index (κ2) is 7.09. The van der Waals surface area contributed by atoms with Crippen LogP contribution in [-0.2, 0) is 4.79 Å². The van der Waals surface area contributed by atoms with Crippen LogP contribution < -0.4 is 19.5 Å². The monoisotopic (exact) mass is 338 g/mol. The smallest absolute Gasteiger partial charge is 0.221 e. The Hall–Kier alpha value is -3.28. The van der Waals surface area contributed by atoms with E-state index in [9.17, 15) is 4.79 Å². The van der Waals surface area contributed by atoms with E-state index >= 15 is 0 Å². The first-order chi connectivity index (χ1) is 12.1. The molecule has 0 fully saturated rings. The summed E-state index contributed by atoms with van der Waals surface area (Å²) < 4.78 is 16.6. The third-order valence-corrected chi connectivity index (χ3v) is 3.61. The number of amides is 1. The van der Waals surface area contributed by atoms with Crippen molar-refractivity contribution >= 4 is 22.5 Å². The molecule has 6 nitrogen and oxygen atoms in total. The standard InChI is InChI=1S/C19H18N2O4/c1-12(22)21-13-4-6-14(7-5-13)25-17-8-9-20-16-11-19(24-3)18(23-2)10-15(16)17/h4-11H,1-3H3,(H,21,22). The van der Waals surface area contributed by atoms with Crippen LogP contribution in [0.5, 0.6) is 23.0 Å². The molecule has 1 amide bonds. The lowest BCUT2D eigenvalue weighted by atomic mass is 10.2. The Morgan fingerprint density at radius 1 is 0.960 bits per heavy atom. The van der Waals surface area contributed by atoms with E-state index in [4.69, 9.17) is 14.2 Å². The van der Waals surface area contributed by atoms with Gasteiger partial charge in [0.25, 0.3) is 0 Å². The average Bonchev–Trinajstić information content (AvgIpc) is 2.62. The minimum Gasteiger partial charge on any atom is -0.493 e. The summed E-state index contributed by atoms with van der Waals surface area (Å²) in [5.41, 5.74) is 1.45. The van der Waals surface area contributed by atoms with E-state index in [0.29, 0.717) is 28.7 Å². The van der Waals surface area contributed by atoms with Crippen LogP contribution in [0, 0.1) is 0 Å². The zero-order chi connectivity index (χ0) is 17.8. The quantitative estimate of drug-likeness (QED) is 0.761. The molecule has 25 heavy (non-hydrogen) atoms. The fourth-order valence-corrected chi connectivity index (χ4v) is 2.47. The number of methoxy groups -OCH3 is 2. The second-order valence-corrected chi connectivity index (χ2v) is 5.34. The van der Waals surface area contributed by atoms with Gasteiger partial charge in [-0.15, -0.1) is 0 Å². The molecule has 0 bridgehead atoms. The van der Waals surface area contributed by atoms with Gasteiger partial charge in [0.2, 0.25) is 5.91 Å². The number of pyridine rings is 1. The topological polar surface area (TPSA) is 69.7 Å². The number of fused-ring (bicyclic) bond motifs is 1. The highest BCUT2D eigenvalue weighted by Crippen LogP contribution is 2.36. The van der Waals surface area contributed by atoms with E-state index in [2.05, 4.69) is 10.3 Å². The van der Waals surface area contributed by atoms with Crippen LogP contribution >= 0.6 is 0 Å². The zero-order valence-electron chi connectivity index (χ0n) is 14.2. The number of nitrogens with zero attached hydrogens (tertiary/aromatic N) is 1. The Balaban J connectivity index is 1.94. The zero-order valence-corrected chi connectivity index (χ0v) is 14.2. The number of hydrogen-bond donors (Lipinski definition) is 1. The molecule has 1 aromatic heterocycles. The van der Waals surface area contributed by atoms with Crippen LogP contribution in [0.15, 0.2) is 48.7 Å². The molecule has 1 N–H and O–H groups in total. The third kappa shape index (κ3) is 3.63. The van der Waals surface area contributed by atoms with Gasteiger partial charge in [-0.05, 0) is 36.4 Å². The summed E-state index contributed by atoms with van der Waals surface area (Å²) in [6.07, 6.45) is 1.68. The molecule has 3 rings (SSSR count). The van der Waals surface area contributed by atoms with Crippen molar-refractivity contribution in [2.75, 3.05) is 19.5 Å². The van der Waals surface area contributed by atoms with Crippen LogP contribution in [0.2, 0.25) is 0 Å². The lowest BCUT2D eigenvalue weighted by Crippen LogP contribution is -2.05. The van der Waals surface area contributed by atoms with Gasteiger partial charge in [-0.2, -0.15) is 0 Å². The number of anilines is 1. The number of carbonyl (C=O) groups excluding carboxylic acids is 1. The van der Waals surface area contributed by atoms with Crippen molar-refractivity contribution in [1.82, 2.24) is 4.98 Å². The number of rotatable bonds is 5. The number of aromatic nitrogens is 1. The summed E-state index contributed by atoms with van der Waals surface area (Å²) in [5, 5.41) is 3.53. The summed E-state index contributed by atoms with van der Waals surface area (Å²) in [6, 6.07) is 12.6. The minimum absolute atomic E-state index is 0.116. The van der Waals surface area contributed by atoms with Crippen LogP contribution in [-0.4, -0.2) is 25.1 Å². The van der Waals surface area contributed by atoms with Crippen LogP contribution in [0.3, 0.4) is 0 Å². The van der Waals surface area contributed by atoms with Gasteiger partial charge in [0.1, 0.15) is 11.5 Å². The maximum atomic E-state index is 11.1. The molecule has 0 radical (unpaired) electrons. The van der Waals surface area contributed by atoms with E-state index in [1.54, 1.807) is 56.8 Å². The number of nitrogens with one attached hydrogen (secondary N) is 1. The van der Waals surface area contributed by atoms with Gasteiger partial charge >= 0.3 is 0 Å². The SMILES string of the molecule is COc1cc2nccc(Oc3ccc(NC(C)=O)cc3)c2cc1OC. The van der Waals surface area contributed by atoms with Crippen molar-refractivity contribution in [3.63, 3.8) is 0 Å². The summed E-state index contributed by atoms with van der Waals surface area (Å²) in [6.45, 7) is 1.47. The Labute approximate surface area is 145 Å². The van der Waals surface area contributed by atoms with Crippen LogP contribution in [0.25, 0.3) is 10.9 Å². The van der Waals surface area contributed by atoms with E-state index in [1.165, 1.54) is 6.92 Å². The molecule has 2 aromatic carbocycles. The number of hydrogen-bond acceptors (Lipinski definition) is 5. The number of carbonyl (C=O) groups is 1. The lowest BCUT2D eigenvalue weighted by molar-refractivity contribution is -0.114. The predicted molar refractivity (Wildman–Crippen MR) is 95.7 cm³/mol. The molecule has 0 aliphatic heterocycles. The van der Waals surface area contributed by atoms with Gasteiger partial charge in [-0.3, -0.25) is 9.78 Å². The van der Waals surface area contributed by atoms with Crippen LogP contribution in [0.1, 0.15) is 6.92 Å². The fourth-order valence-electron chi connectivity index (χ4n) is 2.47. The maximum absolute atomic E-state index is 11.1. The normalized spacial score (nSPS) is 10.4. The minimum atomic E-state index is -0.116. The summed E-state index contributed by atoms with van der Waals surface area (Å²) in [4.78, 5) is 15.4. The highest BCUT2D eigenvalue weighted by atomic mass is 16.5. The molecular formula is C19H18N2O4. The summed E-state index contributed by atoms with van der Waals surface area (Å²) in [7, 11) is 3.17. The molecular weight excluding hydrogens is 320 g/mol. The van der Waals surface area contributed by atoms with Crippen molar-refractivity contribution in [3.05, 3.63) is 48.7 Å². The van der Waals surface area contributed by atoms with Crippen molar-refractivity contribution < 1.29 is 19.0 Å². The predicted octanol–water partition coefficient (Wildman–Crippen LogP) is 4.00. The molecule has 128 valence electrons. The van der Waals surface area contributed by atoms with E-state index in [0.717, 1.165) is 10.9 Å². The van der Waals surface area contributed by atoms with Crippen molar-refractivity contribution in [1.29, 1.82) is 0 Å². The molecule has 0 saturated heterocycles. The van der Waals surface area contributed by atoms with Gasteiger partial charge in [-0.1, -0.05) is 0 Å². The largest absolute Gasteiger partial charge is 0.493 e. The number of benzene rings is 2. The van der Waals surface area contributed by atoms with Crippen molar-refractivity contribution in [2.24, 2.45) is 0 Å². The maximum Gasteiger partial charge on any atom is 0.221 e. The molecule has 0 aliphatic carbocycles. The molecule has 6 heteroatoms. The fraction of sp³-hybridized carbons (Fsp3) is 0.158. The van der Waals surface area contributed by atoms with Gasteiger partial charge in [0.15, 0.2) is 11.5 Å². The van der Waals surface area contributed by atoms with Gasteiger partial charge in [0, 0.05) is 30.3 Å². The average molecular weight is 338 g/mol. The molecule has 0 spiro atoms. The Bertz CT molecular complexity index is 907. The molecule has 0 unspecified atom stereocenters. The molecule has 0 aliphatic rings. The van der Waals surface area contributed by atoms with Gasteiger partial charge < -0.3 is 19.5 Å². The van der Waals surface area contributed by atoms with E-state index in [-0.39, 0.29) is 5.91 Å².